The molecule has 6 amide bonds. The molecule has 0 saturated carbocycles. The predicted octanol–water partition coefficient (Wildman–Crippen LogP) is 7.65. The zero-order valence-corrected chi connectivity index (χ0v) is 44.1. The highest BCUT2D eigenvalue weighted by Gasteiger charge is 2.44. The lowest BCUT2D eigenvalue weighted by Gasteiger charge is -2.35. The number of carbonyl (C=O) groups excluding carboxylic acids is 6. The van der Waals surface area contributed by atoms with E-state index >= 15 is 0 Å². The molecule has 0 bridgehead atoms. The van der Waals surface area contributed by atoms with Gasteiger partial charge in [0.05, 0.1) is 33.8 Å². The zero-order valence-electron chi connectivity index (χ0n) is 43.3. The Labute approximate surface area is 436 Å². The Morgan fingerprint density at radius 3 is 2.24 bits per heavy atom. The van der Waals surface area contributed by atoms with E-state index in [1.165, 1.54) is 28.0 Å². The smallest absolute Gasteiger partial charge is 0.273 e. The molecule has 6 N–H and O–H groups in total. The molecular weight excluding hydrogens is 961 g/mol. The van der Waals surface area contributed by atoms with Crippen LogP contribution in [0.2, 0.25) is 0 Å². The fraction of sp³-hybridized carbons (Fsp3) is 0.464. The Balaban J connectivity index is 0.764. The number of aryl methyl sites for hydroxylation is 2. The first-order valence-corrected chi connectivity index (χ1v) is 26.5. The summed E-state index contributed by atoms with van der Waals surface area (Å²) in [5, 5.41) is 36.9. The third-order valence-corrected chi connectivity index (χ3v) is 14.8. The molecule has 4 atom stereocenters. The van der Waals surface area contributed by atoms with Crippen LogP contribution in [0.25, 0.3) is 21.8 Å². The number of benzene rings is 3. The third kappa shape index (κ3) is 14.0. The fourth-order valence-corrected chi connectivity index (χ4v) is 10.4. The van der Waals surface area contributed by atoms with Gasteiger partial charge in [-0.05, 0) is 84.5 Å². The Morgan fingerprint density at radius 1 is 0.865 bits per heavy atom. The summed E-state index contributed by atoms with van der Waals surface area (Å²) in [7, 11) is 3.19. The minimum Gasteiger partial charge on any atom is -0.507 e. The molecule has 1 aliphatic heterocycles. The number of hydrogen-bond acceptors (Lipinski definition) is 12. The van der Waals surface area contributed by atoms with Crippen LogP contribution < -0.4 is 21.3 Å². The molecule has 74 heavy (non-hydrogen) atoms. The summed E-state index contributed by atoms with van der Waals surface area (Å²) in [5.74, 6) is -1.85. The summed E-state index contributed by atoms with van der Waals surface area (Å²) >= 11 is 1.58. The van der Waals surface area contributed by atoms with Crippen LogP contribution in [-0.2, 0) is 27.3 Å². The van der Waals surface area contributed by atoms with Gasteiger partial charge >= 0.3 is 0 Å². The monoisotopic (exact) mass is 1030 g/mol. The normalized spacial score (nSPS) is 16.6. The van der Waals surface area contributed by atoms with Gasteiger partial charge in [-0.3, -0.25) is 28.8 Å². The van der Waals surface area contributed by atoms with E-state index in [9.17, 15) is 39.0 Å². The number of rotatable bonds is 22. The molecule has 1 saturated heterocycles. The number of nitrogens with one attached hydrogen (secondary N) is 4. The van der Waals surface area contributed by atoms with Gasteiger partial charge in [0.15, 0.2) is 11.5 Å². The van der Waals surface area contributed by atoms with Crippen LogP contribution in [0.1, 0.15) is 151 Å². The molecule has 17 nitrogen and oxygen atoms in total. The van der Waals surface area contributed by atoms with E-state index in [0.29, 0.717) is 30.5 Å². The molecule has 394 valence electrons. The van der Waals surface area contributed by atoms with Crippen molar-refractivity contribution in [2.75, 3.05) is 27.2 Å². The van der Waals surface area contributed by atoms with Gasteiger partial charge in [0, 0.05) is 63.8 Å². The molecule has 3 aromatic carbocycles. The van der Waals surface area contributed by atoms with Gasteiger partial charge in [0.1, 0.15) is 17.8 Å². The van der Waals surface area contributed by atoms with Crippen LogP contribution in [-0.4, -0.2) is 111 Å². The van der Waals surface area contributed by atoms with Crippen molar-refractivity contribution < 1.29 is 43.5 Å². The number of aromatic nitrogens is 2. The van der Waals surface area contributed by atoms with Crippen molar-refractivity contribution in [3.63, 3.8) is 0 Å². The zero-order chi connectivity index (χ0) is 53.1. The minimum atomic E-state index is -0.871. The molecule has 7 rings (SSSR count). The Bertz CT molecular complexity index is 2800. The molecule has 2 aromatic heterocycles. The lowest BCUT2D eigenvalue weighted by molar-refractivity contribution is -0.144. The summed E-state index contributed by atoms with van der Waals surface area (Å²) in [6, 6.07) is 17.4. The number of nitrogens with zero attached hydrogens (tertiary/aromatic N) is 4. The predicted molar refractivity (Wildman–Crippen MR) is 282 cm³/mol. The number of fused-ring (bicyclic) bond motifs is 1. The summed E-state index contributed by atoms with van der Waals surface area (Å²) in [5.41, 5.74) is 7.25. The van der Waals surface area contributed by atoms with E-state index in [-0.39, 0.29) is 84.3 Å². The van der Waals surface area contributed by atoms with E-state index in [2.05, 4.69) is 31.4 Å². The van der Waals surface area contributed by atoms with Gasteiger partial charge in [0.2, 0.25) is 17.7 Å². The second-order valence-electron chi connectivity index (χ2n) is 20.8. The van der Waals surface area contributed by atoms with Crippen LogP contribution in [0.3, 0.4) is 0 Å². The van der Waals surface area contributed by atoms with E-state index in [1.54, 1.807) is 31.5 Å². The molecule has 18 heteroatoms. The number of aliphatic hydroxyl groups is 1. The highest BCUT2D eigenvalue weighted by Crippen LogP contribution is 2.34. The SMILES string of the molecule is Cc1ncsc1-c1ccc(CNC(=O)[C@@H]2C[C@@H](O)CN2C(=O)C(NC(=O)CCCCCCCCCCNC(=O)c2ccc3c(c2)[C@H](NC(=O)c2cc(-c4ccc(C(=O)N(C)C)c(O)c4)on2)CC3)C(C)(C)C)cc1. The summed E-state index contributed by atoms with van der Waals surface area (Å²) in [6.07, 6.45) is 8.42. The van der Waals surface area contributed by atoms with E-state index in [0.717, 1.165) is 84.2 Å². The first-order valence-electron chi connectivity index (χ1n) is 25.7. The maximum Gasteiger partial charge on any atom is 0.273 e. The number of phenols is 1. The molecule has 3 heterocycles. The van der Waals surface area contributed by atoms with Crippen molar-refractivity contribution in [3.05, 3.63) is 111 Å². The van der Waals surface area contributed by atoms with Crippen molar-refractivity contribution in [3.8, 4) is 27.5 Å². The largest absolute Gasteiger partial charge is 0.507 e. The summed E-state index contributed by atoms with van der Waals surface area (Å²) < 4.78 is 5.41. The number of aliphatic hydroxyl groups excluding tert-OH is 1. The number of β-amino-alcohol motifs (C(OH)–C–C–N with tert-alkyl or cyclic N) is 1. The van der Waals surface area contributed by atoms with Gasteiger partial charge in [-0.1, -0.05) is 101 Å². The molecule has 5 aromatic rings. The van der Waals surface area contributed by atoms with Crippen LogP contribution in [0, 0.1) is 12.3 Å². The van der Waals surface area contributed by atoms with Gasteiger partial charge < -0.3 is 45.8 Å². The number of phenolic OH excluding ortho intramolecular Hbond substituents is 1. The highest BCUT2D eigenvalue weighted by molar-refractivity contribution is 7.13. The maximum absolute atomic E-state index is 14.0. The number of aromatic hydroxyl groups is 1. The second kappa shape index (κ2) is 24.9. The first kappa shape index (κ1) is 54.8. The number of likely N-dealkylation sites (tertiary alicyclic amines) is 1. The van der Waals surface area contributed by atoms with E-state index in [4.69, 9.17) is 4.52 Å². The van der Waals surface area contributed by atoms with Crippen LogP contribution in [0.5, 0.6) is 5.75 Å². The highest BCUT2D eigenvalue weighted by atomic mass is 32.1. The Hall–Kier alpha value is -6.92. The van der Waals surface area contributed by atoms with Crippen LogP contribution >= 0.6 is 11.3 Å². The maximum atomic E-state index is 14.0. The van der Waals surface area contributed by atoms with Crippen molar-refractivity contribution in [2.45, 2.75) is 136 Å². The topological polar surface area (TPSA) is 236 Å². The lowest BCUT2D eigenvalue weighted by atomic mass is 9.85. The standard InChI is InChI=1S/C56H70N8O9S/c1-34-49(74-33-59-34)37-18-16-35(17-19-37)31-58-53(70)45-29-40(65)32-64(45)55(72)50(56(2,3)4)61-48(67)15-13-11-9-7-8-10-12-14-26-57-51(68)39-21-20-36-23-25-43(42(36)27-39)60-52(69)44-30-47(73-62-44)38-22-24-41(46(66)28-38)54(71)63(5)6/h16-22,24,27-28,30,33,40,43,45,50,65-66H,7-15,23,25-26,29,31-32H2,1-6H3,(H,57,68)(H,58,70)(H,60,69)(H,61,67)/t40-,43-,45+,50?/m1/s1. The Kier molecular flexibility index (Phi) is 18.4. The molecular formula is C56H70N8O9S. The molecule has 1 fully saturated rings. The number of amides is 6. The summed E-state index contributed by atoms with van der Waals surface area (Å²) in [6.45, 7) is 8.44. The number of unbranched alkanes of at least 4 members (excludes halogenated alkanes) is 7. The van der Waals surface area contributed by atoms with E-state index in [1.807, 2.05) is 75.7 Å². The molecule has 1 unspecified atom stereocenters. The van der Waals surface area contributed by atoms with E-state index < -0.39 is 29.5 Å². The quantitative estimate of drug-likeness (QED) is 0.0368. The first-order chi connectivity index (χ1) is 35.4. The number of carbonyl (C=O) groups is 6. The number of thiazole rings is 1. The average molecular weight is 1030 g/mol. The second-order valence-corrected chi connectivity index (χ2v) is 21.6. The van der Waals surface area contributed by atoms with Crippen molar-refractivity contribution in [1.29, 1.82) is 0 Å². The van der Waals surface area contributed by atoms with Gasteiger partial charge in [-0.25, -0.2) is 4.98 Å². The van der Waals surface area contributed by atoms with Crippen molar-refractivity contribution in [2.24, 2.45) is 5.41 Å². The minimum absolute atomic E-state index is 0.0173. The summed E-state index contributed by atoms with van der Waals surface area (Å²) in [4.78, 5) is 87.6. The molecule has 0 spiro atoms. The number of hydrogen-bond donors (Lipinski definition) is 6. The molecule has 1 aliphatic carbocycles. The van der Waals surface area contributed by atoms with Crippen molar-refractivity contribution in [1.82, 2.24) is 41.2 Å². The van der Waals surface area contributed by atoms with Gasteiger partial charge in [-0.15, -0.1) is 11.3 Å². The molecule has 0 radical (unpaired) electrons. The third-order valence-electron chi connectivity index (χ3n) is 13.8. The van der Waals surface area contributed by atoms with Crippen LogP contribution in [0.4, 0.5) is 0 Å². The van der Waals surface area contributed by atoms with Gasteiger partial charge in [0.25, 0.3) is 17.7 Å². The Morgan fingerprint density at radius 2 is 1.57 bits per heavy atom. The van der Waals surface area contributed by atoms with Crippen molar-refractivity contribution >= 4 is 46.8 Å². The van der Waals surface area contributed by atoms with Crippen LogP contribution in [0.15, 0.2) is 76.8 Å². The average Bonchev–Trinajstić information content (AvgIpc) is 4.21. The fourth-order valence-electron chi connectivity index (χ4n) is 9.54. The lowest BCUT2D eigenvalue weighted by Crippen LogP contribution is -2.57. The molecule has 2 aliphatic rings. The van der Waals surface area contributed by atoms with Gasteiger partial charge in [-0.2, -0.15) is 0 Å².